The largest absolute Gasteiger partial charge is 0.339 e. The summed E-state index contributed by atoms with van der Waals surface area (Å²) in [4.78, 5) is 0. The van der Waals surface area contributed by atoms with Crippen LogP contribution < -0.4 is 21.2 Å². The summed E-state index contributed by atoms with van der Waals surface area (Å²) in [5.74, 6) is 5.56. The lowest BCUT2D eigenvalue weighted by Crippen LogP contribution is -2.41. The zero-order chi connectivity index (χ0) is 15.3. The van der Waals surface area contributed by atoms with Gasteiger partial charge in [-0.05, 0) is 38.4 Å². The Kier molecular flexibility index (Phi) is 4.98. The fraction of sp³-hybridized carbons (Fsp3) is 0.143. The predicted octanol–water partition coefficient (Wildman–Crippen LogP) is 2.65. The summed E-state index contributed by atoms with van der Waals surface area (Å²) < 4.78 is 16.3. The zero-order valence-corrected chi connectivity index (χ0v) is 13.0. The van der Waals surface area contributed by atoms with Crippen LogP contribution >= 0.6 is 7.59 Å². The second kappa shape index (κ2) is 6.74. The molecule has 21 heavy (non-hydrogen) atoms. The number of nitrogens with zero attached hydrogens (tertiary/aromatic N) is 2. The van der Waals surface area contributed by atoms with Gasteiger partial charge in [-0.25, -0.2) is 9.45 Å². The van der Waals surface area contributed by atoms with Crippen molar-refractivity contribution < 1.29 is 4.57 Å². The van der Waals surface area contributed by atoms with Crippen LogP contribution in [0.4, 0.5) is 11.4 Å². The number of nitrogens with one attached hydrogen (secondary N) is 2. The molecule has 0 heterocycles. The number of hydrazine groups is 2. The van der Waals surface area contributed by atoms with E-state index in [0.717, 1.165) is 11.4 Å². The van der Waals surface area contributed by atoms with Gasteiger partial charge in [0.05, 0.1) is 11.4 Å². The lowest BCUT2D eigenvalue weighted by molar-refractivity contribution is 0.499. The Morgan fingerprint density at radius 1 is 0.952 bits per heavy atom. The quantitative estimate of drug-likeness (QED) is 0.433. The van der Waals surface area contributed by atoms with Crippen LogP contribution in [0.5, 0.6) is 0 Å². The molecular formula is C14H20N5OP. The van der Waals surface area contributed by atoms with Crippen molar-refractivity contribution in [2.45, 2.75) is 0 Å². The highest BCUT2D eigenvalue weighted by Gasteiger charge is 2.33. The first-order chi connectivity index (χ1) is 10.1. The lowest BCUT2D eigenvalue weighted by atomic mass is 10.3. The number of hydrogen-bond donors (Lipinski definition) is 3. The molecule has 6 nitrogen and oxygen atoms in total. The molecule has 1 unspecified atom stereocenters. The lowest BCUT2D eigenvalue weighted by Gasteiger charge is -2.36. The van der Waals surface area contributed by atoms with Crippen LogP contribution in [0.2, 0.25) is 0 Å². The van der Waals surface area contributed by atoms with E-state index in [2.05, 4.69) is 10.6 Å². The van der Waals surface area contributed by atoms with Crippen LogP contribution in [0.25, 0.3) is 0 Å². The molecule has 0 radical (unpaired) electrons. The number of rotatable bonds is 6. The molecule has 0 aliphatic heterocycles. The van der Waals surface area contributed by atoms with Gasteiger partial charge < -0.3 is 0 Å². The van der Waals surface area contributed by atoms with E-state index < -0.39 is 7.59 Å². The fourth-order valence-corrected chi connectivity index (χ4v) is 3.25. The van der Waals surface area contributed by atoms with Gasteiger partial charge in [-0.15, -0.1) is 0 Å². The Hall–Kier alpha value is -1.85. The Morgan fingerprint density at radius 3 is 1.95 bits per heavy atom. The Morgan fingerprint density at radius 2 is 1.48 bits per heavy atom. The molecule has 0 spiro atoms. The second-order valence-electron chi connectivity index (χ2n) is 4.65. The van der Waals surface area contributed by atoms with Gasteiger partial charge in [-0.1, -0.05) is 36.4 Å². The van der Waals surface area contributed by atoms with E-state index in [1.54, 1.807) is 23.5 Å². The van der Waals surface area contributed by atoms with Gasteiger partial charge in [0.25, 0.3) is 0 Å². The monoisotopic (exact) mass is 305 g/mol. The molecule has 0 saturated carbocycles. The minimum Gasteiger partial charge on any atom is -0.291 e. The highest BCUT2D eigenvalue weighted by atomic mass is 31.2. The molecule has 4 N–H and O–H groups in total. The maximum absolute atomic E-state index is 13.1. The summed E-state index contributed by atoms with van der Waals surface area (Å²) in [5.41, 5.74) is 4.72. The predicted molar refractivity (Wildman–Crippen MR) is 87.6 cm³/mol. The molecule has 0 bridgehead atoms. The second-order valence-corrected chi connectivity index (χ2v) is 7.19. The summed E-state index contributed by atoms with van der Waals surface area (Å²) in [6.45, 7) is 0. The molecule has 1 atom stereocenters. The van der Waals surface area contributed by atoms with Gasteiger partial charge in [0.2, 0.25) is 0 Å². The van der Waals surface area contributed by atoms with E-state index in [-0.39, 0.29) is 0 Å². The van der Waals surface area contributed by atoms with Crippen LogP contribution in [0.15, 0.2) is 60.7 Å². The third-order valence-electron chi connectivity index (χ3n) is 2.99. The molecular weight excluding hydrogens is 285 g/mol. The molecule has 112 valence electrons. The fourth-order valence-electron chi connectivity index (χ4n) is 1.85. The van der Waals surface area contributed by atoms with Gasteiger partial charge >= 0.3 is 7.59 Å². The van der Waals surface area contributed by atoms with Crippen LogP contribution in [-0.2, 0) is 4.57 Å². The minimum absolute atomic E-state index is 0.747. The Labute approximate surface area is 125 Å². The van der Waals surface area contributed by atoms with Gasteiger partial charge in [-0.3, -0.25) is 15.8 Å². The molecule has 0 saturated heterocycles. The first-order valence-electron chi connectivity index (χ1n) is 6.51. The third-order valence-corrected chi connectivity index (χ3v) is 5.28. The van der Waals surface area contributed by atoms with Crippen molar-refractivity contribution in [2.75, 3.05) is 24.3 Å². The summed E-state index contributed by atoms with van der Waals surface area (Å²) >= 11 is 0. The highest BCUT2D eigenvalue weighted by Crippen LogP contribution is 2.48. The van der Waals surface area contributed by atoms with Crippen molar-refractivity contribution in [3.63, 3.8) is 0 Å². The average Bonchev–Trinajstić information content (AvgIpc) is 2.53. The Bertz CT molecular complexity index is 605. The number of anilines is 2. The number of para-hydroxylation sites is 2. The van der Waals surface area contributed by atoms with E-state index in [1.807, 2.05) is 60.7 Å². The molecule has 0 amide bonds. The molecule has 0 aliphatic rings. The topological polar surface area (TPSA) is 73.6 Å². The summed E-state index contributed by atoms with van der Waals surface area (Å²) in [5, 5.41) is 2.44. The summed E-state index contributed by atoms with van der Waals surface area (Å²) in [6.07, 6.45) is 0. The van der Waals surface area contributed by atoms with E-state index >= 15 is 0 Å². The molecule has 0 aromatic heterocycles. The van der Waals surface area contributed by atoms with Crippen LogP contribution in [0.3, 0.4) is 0 Å². The van der Waals surface area contributed by atoms with Crippen molar-refractivity contribution in [1.82, 2.24) is 9.87 Å². The Balaban J connectivity index is 2.42. The maximum Gasteiger partial charge on any atom is 0.339 e. The summed E-state index contributed by atoms with van der Waals surface area (Å²) in [6, 6.07) is 18.9. The van der Waals surface area contributed by atoms with E-state index in [0.29, 0.717) is 0 Å². The van der Waals surface area contributed by atoms with Crippen molar-refractivity contribution in [1.29, 1.82) is 0 Å². The molecule has 2 aromatic rings. The zero-order valence-electron chi connectivity index (χ0n) is 12.1. The van der Waals surface area contributed by atoms with Crippen molar-refractivity contribution in [3.05, 3.63) is 60.7 Å². The van der Waals surface area contributed by atoms with Crippen LogP contribution in [0.1, 0.15) is 0 Å². The molecule has 2 aromatic carbocycles. The molecule has 2 rings (SSSR count). The third kappa shape index (κ3) is 3.43. The molecule has 7 heteroatoms. The first kappa shape index (κ1) is 15.5. The highest BCUT2D eigenvalue weighted by molar-refractivity contribution is 7.61. The minimum atomic E-state index is -3.19. The van der Waals surface area contributed by atoms with Crippen LogP contribution in [-0.4, -0.2) is 18.8 Å². The van der Waals surface area contributed by atoms with E-state index in [9.17, 15) is 4.57 Å². The van der Waals surface area contributed by atoms with Crippen molar-refractivity contribution in [2.24, 2.45) is 5.84 Å². The average molecular weight is 305 g/mol. The maximum atomic E-state index is 13.1. The molecule has 0 aliphatic carbocycles. The van der Waals surface area contributed by atoms with Gasteiger partial charge in [0, 0.05) is 0 Å². The van der Waals surface area contributed by atoms with Crippen molar-refractivity contribution in [3.8, 4) is 0 Å². The van der Waals surface area contributed by atoms with Crippen molar-refractivity contribution >= 4 is 19.0 Å². The van der Waals surface area contributed by atoms with Gasteiger partial charge in [-0.2, -0.15) is 5.20 Å². The number of hydrogen-bond acceptors (Lipinski definition) is 3. The van der Waals surface area contributed by atoms with E-state index in [1.165, 1.54) is 0 Å². The smallest absolute Gasteiger partial charge is 0.291 e. The standard InChI is InChI=1S/C14H20N5OP/c1-18(2)21(20,17-15)19(14-11-7-4-8-12-14)16-13-9-5-3-6-10-13/h3-12,16H,15H2,1-2H3,(H,17,20). The number of nitrogens with two attached hydrogens (primary N) is 1. The first-order valence-corrected chi connectivity index (χ1v) is 8.12. The number of benzene rings is 2. The van der Waals surface area contributed by atoms with Crippen LogP contribution in [0, 0.1) is 0 Å². The van der Waals surface area contributed by atoms with E-state index in [4.69, 9.17) is 5.84 Å². The summed E-state index contributed by atoms with van der Waals surface area (Å²) in [7, 11) is 0.237. The van der Waals surface area contributed by atoms with Gasteiger partial charge in [0.1, 0.15) is 0 Å². The SMILES string of the molecule is CN(C)P(=O)(NN)N(Nc1ccccc1)c1ccccc1. The van der Waals surface area contributed by atoms with Gasteiger partial charge in [0.15, 0.2) is 0 Å². The normalized spacial score (nSPS) is 13.7. The molecule has 0 fully saturated rings.